The SMILES string of the molecule is CCCCCCC(C)(C)c1cc(O)c2c(c1)OC(C)(C)C1CCC(N(C)C)CC21. The molecular weight excluding hydrogens is 358 g/mol. The van der Waals surface area contributed by atoms with Gasteiger partial charge in [-0.15, -0.1) is 0 Å². The quantitative estimate of drug-likeness (QED) is 0.521. The van der Waals surface area contributed by atoms with Crippen molar-refractivity contribution >= 4 is 0 Å². The monoisotopic (exact) mass is 401 g/mol. The number of fused-ring (bicyclic) bond motifs is 3. The van der Waals surface area contributed by atoms with Crippen LogP contribution in [0.2, 0.25) is 0 Å². The average Bonchev–Trinajstić information content (AvgIpc) is 2.64. The molecule has 0 amide bonds. The van der Waals surface area contributed by atoms with Gasteiger partial charge in [-0.1, -0.05) is 46.5 Å². The summed E-state index contributed by atoms with van der Waals surface area (Å²) in [6.07, 6.45) is 9.70. The molecule has 3 atom stereocenters. The molecular formula is C26H43NO2. The Morgan fingerprint density at radius 1 is 1.14 bits per heavy atom. The van der Waals surface area contributed by atoms with Crippen LogP contribution in [0.25, 0.3) is 0 Å². The number of phenols is 1. The van der Waals surface area contributed by atoms with E-state index in [2.05, 4.69) is 59.7 Å². The van der Waals surface area contributed by atoms with E-state index in [1.54, 1.807) is 0 Å². The van der Waals surface area contributed by atoms with Crippen LogP contribution in [0.4, 0.5) is 0 Å². The van der Waals surface area contributed by atoms with Gasteiger partial charge < -0.3 is 14.7 Å². The van der Waals surface area contributed by atoms with Gasteiger partial charge in [0, 0.05) is 17.5 Å². The Bertz CT molecular complexity index is 707. The molecule has 3 nitrogen and oxygen atoms in total. The number of ether oxygens (including phenoxy) is 1. The molecule has 2 aliphatic rings. The maximum absolute atomic E-state index is 11.2. The number of nitrogens with zero attached hydrogens (tertiary/aromatic N) is 1. The zero-order chi connectivity index (χ0) is 21.4. The zero-order valence-corrected chi connectivity index (χ0v) is 19.8. The van der Waals surface area contributed by atoms with E-state index in [9.17, 15) is 5.11 Å². The van der Waals surface area contributed by atoms with Crippen molar-refractivity contribution in [2.24, 2.45) is 5.92 Å². The fraction of sp³-hybridized carbons (Fsp3) is 0.769. The summed E-state index contributed by atoms with van der Waals surface area (Å²) >= 11 is 0. The van der Waals surface area contributed by atoms with Crippen LogP contribution < -0.4 is 4.74 Å². The smallest absolute Gasteiger partial charge is 0.127 e. The fourth-order valence-electron chi connectivity index (χ4n) is 5.73. The Morgan fingerprint density at radius 2 is 1.86 bits per heavy atom. The molecule has 0 saturated heterocycles. The highest BCUT2D eigenvalue weighted by molar-refractivity contribution is 5.53. The van der Waals surface area contributed by atoms with Crippen molar-refractivity contribution in [2.45, 2.75) is 109 Å². The summed E-state index contributed by atoms with van der Waals surface area (Å²) in [6, 6.07) is 4.86. The number of aromatic hydroxyl groups is 1. The van der Waals surface area contributed by atoms with Crippen molar-refractivity contribution in [2.75, 3.05) is 14.1 Å². The van der Waals surface area contributed by atoms with Gasteiger partial charge in [-0.2, -0.15) is 0 Å². The van der Waals surface area contributed by atoms with E-state index in [-0.39, 0.29) is 11.0 Å². The van der Waals surface area contributed by atoms with E-state index >= 15 is 0 Å². The van der Waals surface area contributed by atoms with Crippen LogP contribution in [-0.2, 0) is 5.41 Å². The molecule has 0 aromatic heterocycles. The van der Waals surface area contributed by atoms with E-state index in [1.165, 1.54) is 37.7 Å². The molecule has 3 heteroatoms. The molecule has 164 valence electrons. The van der Waals surface area contributed by atoms with Crippen molar-refractivity contribution in [1.82, 2.24) is 4.90 Å². The largest absolute Gasteiger partial charge is 0.508 e. The maximum atomic E-state index is 11.2. The van der Waals surface area contributed by atoms with Gasteiger partial charge in [0.25, 0.3) is 0 Å². The van der Waals surface area contributed by atoms with Crippen molar-refractivity contribution < 1.29 is 9.84 Å². The first kappa shape index (κ1) is 22.5. The lowest BCUT2D eigenvalue weighted by Gasteiger charge is -2.50. The van der Waals surface area contributed by atoms with Gasteiger partial charge in [-0.3, -0.25) is 0 Å². The third-order valence-electron chi connectivity index (χ3n) is 7.75. The van der Waals surface area contributed by atoms with E-state index in [1.807, 2.05) is 6.07 Å². The second-order valence-electron chi connectivity index (χ2n) is 11.0. The summed E-state index contributed by atoms with van der Waals surface area (Å²) in [5.74, 6) is 2.21. The van der Waals surface area contributed by atoms with Crippen LogP contribution in [0.15, 0.2) is 12.1 Å². The molecule has 0 spiro atoms. The lowest BCUT2D eigenvalue weighted by atomic mass is 9.64. The zero-order valence-electron chi connectivity index (χ0n) is 19.8. The molecule has 1 aromatic carbocycles. The van der Waals surface area contributed by atoms with Crippen LogP contribution in [-0.4, -0.2) is 35.7 Å². The molecule has 1 aromatic rings. The Balaban J connectivity index is 1.92. The fourth-order valence-corrected chi connectivity index (χ4v) is 5.73. The Morgan fingerprint density at radius 3 is 2.52 bits per heavy atom. The van der Waals surface area contributed by atoms with Gasteiger partial charge in [0.15, 0.2) is 0 Å². The van der Waals surface area contributed by atoms with Gasteiger partial charge in [0.2, 0.25) is 0 Å². The molecule has 29 heavy (non-hydrogen) atoms. The number of unbranched alkanes of at least 4 members (excludes halogenated alkanes) is 3. The second kappa shape index (κ2) is 8.49. The molecule has 1 aliphatic heterocycles. The second-order valence-corrected chi connectivity index (χ2v) is 11.0. The summed E-state index contributed by atoms with van der Waals surface area (Å²) in [5, 5.41) is 11.2. The number of phenolic OH excluding ortho intramolecular Hbond substituents is 1. The first-order chi connectivity index (χ1) is 13.6. The van der Waals surface area contributed by atoms with Gasteiger partial charge >= 0.3 is 0 Å². The molecule has 3 unspecified atom stereocenters. The minimum Gasteiger partial charge on any atom is -0.508 e. The predicted molar refractivity (Wildman–Crippen MR) is 122 cm³/mol. The van der Waals surface area contributed by atoms with Crippen molar-refractivity contribution in [3.8, 4) is 11.5 Å². The molecule has 1 saturated carbocycles. The van der Waals surface area contributed by atoms with Gasteiger partial charge in [-0.05, 0) is 82.7 Å². The predicted octanol–water partition coefficient (Wildman–Crippen LogP) is 6.63. The van der Waals surface area contributed by atoms with E-state index in [4.69, 9.17) is 4.74 Å². The van der Waals surface area contributed by atoms with E-state index in [0.717, 1.165) is 30.6 Å². The highest BCUT2D eigenvalue weighted by Gasteiger charge is 2.48. The van der Waals surface area contributed by atoms with Crippen LogP contribution >= 0.6 is 0 Å². The molecule has 1 N–H and O–H groups in total. The van der Waals surface area contributed by atoms with Crippen LogP contribution in [0.5, 0.6) is 11.5 Å². The minimum absolute atomic E-state index is 0.0450. The molecule has 0 radical (unpaired) electrons. The van der Waals surface area contributed by atoms with Crippen molar-refractivity contribution in [3.05, 3.63) is 23.3 Å². The number of hydrogen-bond acceptors (Lipinski definition) is 3. The number of benzene rings is 1. The molecule has 1 aliphatic carbocycles. The highest BCUT2D eigenvalue weighted by Crippen LogP contribution is 2.55. The lowest BCUT2D eigenvalue weighted by Crippen LogP contribution is -2.49. The van der Waals surface area contributed by atoms with Gasteiger partial charge in [0.1, 0.15) is 17.1 Å². The molecule has 1 fully saturated rings. The molecule has 3 rings (SSSR count). The summed E-state index contributed by atoms with van der Waals surface area (Å²) < 4.78 is 6.57. The summed E-state index contributed by atoms with van der Waals surface area (Å²) in [6.45, 7) is 11.3. The first-order valence-electron chi connectivity index (χ1n) is 11.8. The first-order valence-corrected chi connectivity index (χ1v) is 11.8. The molecule has 0 bridgehead atoms. The third kappa shape index (κ3) is 4.60. The normalized spacial score (nSPS) is 26.0. The number of hydrogen-bond donors (Lipinski definition) is 1. The number of rotatable bonds is 7. The average molecular weight is 402 g/mol. The van der Waals surface area contributed by atoms with Gasteiger partial charge in [0.05, 0.1) is 0 Å². The van der Waals surface area contributed by atoms with E-state index < -0.39 is 0 Å². The molecule has 1 heterocycles. The van der Waals surface area contributed by atoms with Crippen LogP contribution in [0.3, 0.4) is 0 Å². The Labute approximate surface area is 178 Å². The van der Waals surface area contributed by atoms with Crippen molar-refractivity contribution in [1.29, 1.82) is 0 Å². The Kier molecular flexibility index (Phi) is 6.58. The summed E-state index contributed by atoms with van der Waals surface area (Å²) in [4.78, 5) is 2.35. The topological polar surface area (TPSA) is 32.7 Å². The maximum Gasteiger partial charge on any atom is 0.127 e. The van der Waals surface area contributed by atoms with Crippen molar-refractivity contribution in [3.63, 3.8) is 0 Å². The van der Waals surface area contributed by atoms with Crippen LogP contribution in [0, 0.1) is 5.92 Å². The third-order valence-corrected chi connectivity index (χ3v) is 7.75. The highest BCUT2D eigenvalue weighted by atomic mass is 16.5. The summed E-state index contributed by atoms with van der Waals surface area (Å²) in [5.41, 5.74) is 2.13. The Hall–Kier alpha value is -1.22. The van der Waals surface area contributed by atoms with E-state index in [0.29, 0.717) is 23.6 Å². The van der Waals surface area contributed by atoms with Gasteiger partial charge in [-0.25, -0.2) is 0 Å². The lowest BCUT2D eigenvalue weighted by molar-refractivity contribution is -0.0195. The minimum atomic E-state index is -0.189. The van der Waals surface area contributed by atoms with Crippen LogP contribution in [0.1, 0.15) is 103 Å². The standard InChI is InChI=1S/C26H43NO2/c1-8-9-10-11-14-25(2,3)18-15-22(28)24-20-17-19(27(6)7)12-13-21(20)26(4,5)29-23(24)16-18/h15-16,19-21,28H,8-14,17H2,1-7H3. The summed E-state index contributed by atoms with van der Waals surface area (Å²) in [7, 11) is 4.36.